The number of fused-ring (bicyclic) bond motifs is 3. The summed E-state index contributed by atoms with van der Waals surface area (Å²) in [5.74, 6) is 1.25. The number of hydrogen-bond acceptors (Lipinski definition) is 7. The highest BCUT2D eigenvalue weighted by atomic mass is 16.5. The van der Waals surface area contributed by atoms with E-state index in [1.807, 2.05) is 51.1 Å². The SMILES string of the molecule is COc1ccccc1CN1COc2c(CCC(=O)OC(C)C)cc3c(C)cc(=O)oc3c2C1. The van der Waals surface area contributed by atoms with Crippen LogP contribution in [0, 0.1) is 6.92 Å². The van der Waals surface area contributed by atoms with Gasteiger partial charge in [-0.25, -0.2) is 4.79 Å². The predicted molar refractivity (Wildman–Crippen MR) is 125 cm³/mol. The summed E-state index contributed by atoms with van der Waals surface area (Å²) >= 11 is 0. The lowest BCUT2D eigenvalue weighted by Gasteiger charge is -2.31. The Morgan fingerprint density at radius 2 is 1.97 bits per heavy atom. The second-order valence-electron chi connectivity index (χ2n) is 8.58. The van der Waals surface area contributed by atoms with Gasteiger partial charge < -0.3 is 18.6 Å². The van der Waals surface area contributed by atoms with Crippen LogP contribution in [-0.4, -0.2) is 30.8 Å². The number of hydrogen-bond donors (Lipinski definition) is 0. The van der Waals surface area contributed by atoms with Crippen LogP contribution < -0.4 is 15.1 Å². The fraction of sp³-hybridized carbons (Fsp3) is 0.385. The molecule has 3 aromatic rings. The lowest BCUT2D eigenvalue weighted by molar-refractivity contribution is -0.147. The summed E-state index contributed by atoms with van der Waals surface area (Å²) in [4.78, 5) is 26.4. The summed E-state index contributed by atoms with van der Waals surface area (Å²) < 4.78 is 22.6. The van der Waals surface area contributed by atoms with Crippen LogP contribution in [0.25, 0.3) is 11.0 Å². The average molecular weight is 452 g/mol. The number of aryl methyl sites for hydroxylation is 2. The number of nitrogens with zero attached hydrogens (tertiary/aromatic N) is 1. The van der Waals surface area contributed by atoms with Crippen LogP contribution in [0.3, 0.4) is 0 Å². The molecule has 0 saturated heterocycles. The van der Waals surface area contributed by atoms with Crippen LogP contribution >= 0.6 is 0 Å². The molecule has 0 atom stereocenters. The van der Waals surface area contributed by atoms with Gasteiger partial charge in [-0.05, 0) is 50.5 Å². The molecule has 0 saturated carbocycles. The van der Waals surface area contributed by atoms with Crippen molar-refractivity contribution in [2.45, 2.75) is 52.8 Å². The minimum atomic E-state index is -0.391. The van der Waals surface area contributed by atoms with Gasteiger partial charge in [-0.15, -0.1) is 0 Å². The molecule has 7 nitrogen and oxygen atoms in total. The first-order valence-electron chi connectivity index (χ1n) is 11.1. The van der Waals surface area contributed by atoms with Gasteiger partial charge in [0.2, 0.25) is 0 Å². The van der Waals surface area contributed by atoms with Gasteiger partial charge in [-0.3, -0.25) is 9.69 Å². The van der Waals surface area contributed by atoms with Gasteiger partial charge in [-0.2, -0.15) is 0 Å². The van der Waals surface area contributed by atoms with Crippen LogP contribution in [0.4, 0.5) is 0 Å². The predicted octanol–water partition coefficient (Wildman–Crippen LogP) is 4.35. The van der Waals surface area contributed by atoms with Crippen LogP contribution in [0.2, 0.25) is 0 Å². The first-order valence-corrected chi connectivity index (χ1v) is 11.1. The lowest BCUT2D eigenvalue weighted by atomic mass is 9.97. The molecule has 1 aliphatic rings. The Kier molecular flexibility index (Phi) is 6.70. The van der Waals surface area contributed by atoms with Crippen LogP contribution in [0.1, 0.15) is 42.5 Å². The smallest absolute Gasteiger partial charge is 0.336 e. The molecule has 0 bridgehead atoms. The number of carbonyl (C=O) groups excluding carboxylic acids is 1. The molecule has 0 aliphatic carbocycles. The maximum atomic E-state index is 12.1. The molecule has 0 fully saturated rings. The Morgan fingerprint density at radius 1 is 1.18 bits per heavy atom. The molecule has 0 unspecified atom stereocenters. The van der Waals surface area contributed by atoms with Gasteiger partial charge in [0.25, 0.3) is 0 Å². The number of rotatable bonds is 7. The molecule has 4 rings (SSSR count). The minimum Gasteiger partial charge on any atom is -0.496 e. The largest absolute Gasteiger partial charge is 0.496 e. The fourth-order valence-corrected chi connectivity index (χ4v) is 4.23. The number of methoxy groups -OCH3 is 1. The van der Waals surface area contributed by atoms with E-state index < -0.39 is 5.63 Å². The Hall–Kier alpha value is -3.32. The van der Waals surface area contributed by atoms with Crippen molar-refractivity contribution in [3.05, 3.63) is 69.1 Å². The van der Waals surface area contributed by atoms with Crippen molar-refractivity contribution in [2.75, 3.05) is 13.8 Å². The van der Waals surface area contributed by atoms with E-state index in [1.54, 1.807) is 7.11 Å². The average Bonchev–Trinajstić information content (AvgIpc) is 2.77. The zero-order chi connectivity index (χ0) is 23.5. The minimum absolute atomic E-state index is 0.153. The van der Waals surface area contributed by atoms with Gasteiger partial charge in [0.05, 0.1) is 18.8 Å². The van der Waals surface area contributed by atoms with E-state index in [9.17, 15) is 9.59 Å². The second-order valence-corrected chi connectivity index (χ2v) is 8.58. The normalized spacial score (nSPS) is 13.6. The van der Waals surface area contributed by atoms with E-state index in [0.717, 1.165) is 33.4 Å². The Balaban J connectivity index is 1.69. The van der Waals surface area contributed by atoms with Crippen molar-refractivity contribution < 1.29 is 23.4 Å². The number of esters is 1. The molecular weight excluding hydrogens is 422 g/mol. The molecule has 174 valence electrons. The first kappa shape index (κ1) is 22.9. The Bertz CT molecular complexity index is 1230. The van der Waals surface area contributed by atoms with Crippen LogP contribution in [0.15, 0.2) is 45.6 Å². The number of ether oxygens (including phenoxy) is 3. The van der Waals surface area contributed by atoms with Crippen LogP contribution in [-0.2, 0) is 29.0 Å². The lowest BCUT2D eigenvalue weighted by Crippen LogP contribution is -2.32. The van der Waals surface area contributed by atoms with Gasteiger partial charge in [-0.1, -0.05) is 18.2 Å². The van der Waals surface area contributed by atoms with Crippen molar-refractivity contribution in [3.8, 4) is 11.5 Å². The van der Waals surface area contributed by atoms with E-state index in [4.69, 9.17) is 18.6 Å². The van der Waals surface area contributed by atoms with E-state index in [0.29, 0.717) is 37.6 Å². The van der Waals surface area contributed by atoms with E-state index in [1.165, 1.54) is 6.07 Å². The van der Waals surface area contributed by atoms with E-state index in [-0.39, 0.29) is 18.5 Å². The number of carbonyl (C=O) groups is 1. The molecule has 0 amide bonds. The third kappa shape index (κ3) is 5.03. The molecule has 0 radical (unpaired) electrons. The van der Waals surface area contributed by atoms with Crippen molar-refractivity contribution in [2.24, 2.45) is 0 Å². The third-order valence-electron chi connectivity index (χ3n) is 5.69. The summed E-state index contributed by atoms with van der Waals surface area (Å²) in [5.41, 5.74) is 3.75. The van der Waals surface area contributed by atoms with Crippen molar-refractivity contribution in [3.63, 3.8) is 0 Å². The highest BCUT2D eigenvalue weighted by Gasteiger charge is 2.26. The molecule has 2 aromatic carbocycles. The molecule has 7 heteroatoms. The second kappa shape index (κ2) is 9.67. The summed E-state index contributed by atoms with van der Waals surface area (Å²) in [7, 11) is 1.66. The summed E-state index contributed by atoms with van der Waals surface area (Å²) in [5, 5.41) is 0.850. The van der Waals surface area contributed by atoms with Crippen molar-refractivity contribution in [1.29, 1.82) is 0 Å². The monoisotopic (exact) mass is 451 g/mol. The van der Waals surface area contributed by atoms with Gasteiger partial charge in [0.1, 0.15) is 23.8 Å². The molecule has 1 aliphatic heterocycles. The highest BCUT2D eigenvalue weighted by Crippen LogP contribution is 2.38. The maximum absolute atomic E-state index is 12.1. The van der Waals surface area contributed by atoms with Gasteiger partial charge in [0, 0.05) is 36.5 Å². The summed E-state index contributed by atoms with van der Waals surface area (Å²) in [6.45, 7) is 7.09. The molecule has 33 heavy (non-hydrogen) atoms. The Morgan fingerprint density at radius 3 is 2.73 bits per heavy atom. The van der Waals surface area contributed by atoms with E-state index in [2.05, 4.69) is 4.90 Å². The number of benzene rings is 2. The molecule has 0 spiro atoms. The van der Waals surface area contributed by atoms with Gasteiger partial charge in [0.15, 0.2) is 0 Å². The molecular formula is C26H29NO6. The zero-order valence-electron chi connectivity index (χ0n) is 19.5. The quantitative estimate of drug-likeness (QED) is 0.390. The number of para-hydroxylation sites is 1. The maximum Gasteiger partial charge on any atom is 0.336 e. The third-order valence-corrected chi connectivity index (χ3v) is 5.69. The van der Waals surface area contributed by atoms with Crippen molar-refractivity contribution in [1.82, 2.24) is 4.90 Å². The van der Waals surface area contributed by atoms with E-state index >= 15 is 0 Å². The standard InChI is InChI=1S/C26H29NO6/c1-16(2)32-23(28)10-9-18-12-20-17(3)11-24(29)33-26(20)21-14-27(15-31-25(18)21)13-19-7-5-6-8-22(19)30-4/h5-8,11-12,16H,9-10,13-15H2,1-4H3. The molecule has 2 heterocycles. The van der Waals surface area contributed by atoms with Crippen LogP contribution in [0.5, 0.6) is 11.5 Å². The topological polar surface area (TPSA) is 78.2 Å². The molecule has 1 aromatic heterocycles. The summed E-state index contributed by atoms with van der Waals surface area (Å²) in [6.07, 6.45) is 0.578. The Labute approximate surface area is 192 Å². The summed E-state index contributed by atoms with van der Waals surface area (Å²) in [6, 6.07) is 11.3. The molecule has 0 N–H and O–H groups in total. The first-order chi connectivity index (χ1) is 15.9. The van der Waals surface area contributed by atoms with Crippen molar-refractivity contribution >= 4 is 16.9 Å². The highest BCUT2D eigenvalue weighted by molar-refractivity contribution is 5.86. The fourth-order valence-electron chi connectivity index (χ4n) is 4.23. The van der Waals surface area contributed by atoms with Gasteiger partial charge >= 0.3 is 11.6 Å². The zero-order valence-corrected chi connectivity index (χ0v) is 19.5.